The highest BCUT2D eigenvalue weighted by molar-refractivity contribution is 6.30. The van der Waals surface area contributed by atoms with Crippen molar-refractivity contribution in [2.24, 2.45) is 0 Å². The largest absolute Gasteiger partial charge is 0.343 e. The molecule has 1 fully saturated rings. The number of rotatable bonds is 4. The van der Waals surface area contributed by atoms with E-state index in [2.05, 4.69) is 17.1 Å². The van der Waals surface area contributed by atoms with Crippen molar-refractivity contribution >= 4 is 23.4 Å². The van der Waals surface area contributed by atoms with Crippen molar-refractivity contribution in [1.29, 1.82) is 0 Å². The molecule has 114 valence electrons. The Morgan fingerprint density at radius 1 is 1.14 bits per heavy atom. The monoisotopic (exact) mass is 309 g/mol. The second-order valence-corrected chi connectivity index (χ2v) is 5.44. The number of hydrogen-bond donors (Lipinski definition) is 1. The first-order valence-electron chi connectivity index (χ1n) is 7.14. The molecule has 0 unspecified atom stereocenters. The number of nitrogens with one attached hydrogen (secondary N) is 1. The lowest BCUT2D eigenvalue weighted by atomic mass is 10.2. The predicted molar refractivity (Wildman–Crippen MR) is 82.5 cm³/mol. The van der Waals surface area contributed by atoms with E-state index in [1.807, 2.05) is 0 Å². The zero-order chi connectivity index (χ0) is 15.2. The van der Waals surface area contributed by atoms with Crippen molar-refractivity contribution in [2.75, 3.05) is 39.3 Å². The summed E-state index contributed by atoms with van der Waals surface area (Å²) in [5, 5.41) is 3.23. The van der Waals surface area contributed by atoms with Crippen molar-refractivity contribution in [1.82, 2.24) is 15.1 Å². The Bertz CT molecular complexity index is 496. The van der Waals surface area contributed by atoms with Gasteiger partial charge < -0.3 is 15.1 Å². The van der Waals surface area contributed by atoms with Crippen LogP contribution < -0.4 is 5.32 Å². The zero-order valence-corrected chi connectivity index (χ0v) is 12.9. The maximum absolute atomic E-state index is 12.1. The number of hydrogen-bond acceptors (Lipinski definition) is 3. The highest BCUT2D eigenvalue weighted by Gasteiger charge is 2.20. The number of amides is 2. The van der Waals surface area contributed by atoms with Crippen LogP contribution in [0.15, 0.2) is 24.3 Å². The van der Waals surface area contributed by atoms with Gasteiger partial charge in [-0.1, -0.05) is 18.5 Å². The van der Waals surface area contributed by atoms with E-state index in [9.17, 15) is 9.59 Å². The fourth-order valence-corrected chi connectivity index (χ4v) is 2.41. The summed E-state index contributed by atoms with van der Waals surface area (Å²) in [6.07, 6.45) is 0. The number of piperazine rings is 1. The molecule has 1 saturated heterocycles. The lowest BCUT2D eigenvalue weighted by molar-refractivity contribution is -0.131. The molecule has 1 N–H and O–H groups in total. The predicted octanol–water partition coefficient (Wildman–Crippen LogP) is 1.23. The Balaban J connectivity index is 1.78. The van der Waals surface area contributed by atoms with Crippen LogP contribution in [0.1, 0.15) is 17.3 Å². The first kappa shape index (κ1) is 15.8. The quantitative estimate of drug-likeness (QED) is 0.910. The molecule has 1 heterocycles. The Hall–Kier alpha value is -1.59. The molecule has 1 aromatic rings. The van der Waals surface area contributed by atoms with Gasteiger partial charge in [0.05, 0.1) is 6.54 Å². The Labute approximate surface area is 129 Å². The first-order valence-corrected chi connectivity index (χ1v) is 7.52. The Morgan fingerprint density at radius 3 is 2.33 bits per heavy atom. The van der Waals surface area contributed by atoms with Gasteiger partial charge in [-0.25, -0.2) is 0 Å². The van der Waals surface area contributed by atoms with E-state index in [0.717, 1.165) is 32.7 Å². The summed E-state index contributed by atoms with van der Waals surface area (Å²) in [5.74, 6) is -0.291. The molecule has 0 saturated carbocycles. The van der Waals surface area contributed by atoms with Crippen LogP contribution >= 0.6 is 11.6 Å². The Kier molecular flexibility index (Phi) is 5.59. The smallest absolute Gasteiger partial charge is 0.251 e. The molecule has 2 amide bonds. The number of benzene rings is 1. The molecule has 21 heavy (non-hydrogen) atoms. The highest BCUT2D eigenvalue weighted by Crippen LogP contribution is 2.09. The molecule has 6 heteroatoms. The van der Waals surface area contributed by atoms with Crippen LogP contribution in [0.25, 0.3) is 0 Å². The number of nitrogens with zero attached hydrogens (tertiary/aromatic N) is 2. The van der Waals surface area contributed by atoms with Gasteiger partial charge in [-0.15, -0.1) is 0 Å². The number of likely N-dealkylation sites (N-methyl/N-ethyl adjacent to an activating group) is 1. The van der Waals surface area contributed by atoms with Gasteiger partial charge in [0.15, 0.2) is 0 Å². The van der Waals surface area contributed by atoms with Gasteiger partial charge in [0, 0.05) is 36.8 Å². The third-order valence-electron chi connectivity index (χ3n) is 3.68. The van der Waals surface area contributed by atoms with E-state index in [1.165, 1.54) is 0 Å². The van der Waals surface area contributed by atoms with Crippen LogP contribution in [-0.2, 0) is 4.79 Å². The zero-order valence-electron chi connectivity index (χ0n) is 12.1. The third kappa shape index (κ3) is 4.44. The SMILES string of the molecule is CCN1CCN(C(=O)CNC(=O)c2ccc(Cl)cc2)CC1. The summed E-state index contributed by atoms with van der Waals surface area (Å²) < 4.78 is 0. The second kappa shape index (κ2) is 7.43. The summed E-state index contributed by atoms with van der Waals surface area (Å²) in [7, 11) is 0. The van der Waals surface area contributed by atoms with Crippen molar-refractivity contribution in [3.8, 4) is 0 Å². The van der Waals surface area contributed by atoms with E-state index >= 15 is 0 Å². The third-order valence-corrected chi connectivity index (χ3v) is 3.93. The summed E-state index contributed by atoms with van der Waals surface area (Å²) >= 11 is 5.77. The topological polar surface area (TPSA) is 52.6 Å². The van der Waals surface area contributed by atoms with E-state index in [0.29, 0.717) is 10.6 Å². The fourth-order valence-electron chi connectivity index (χ4n) is 2.28. The molecule has 0 aromatic heterocycles. The number of carbonyl (C=O) groups excluding carboxylic acids is 2. The summed E-state index contributed by atoms with van der Waals surface area (Å²) in [5.41, 5.74) is 0.503. The molecule has 1 aliphatic heterocycles. The first-order chi connectivity index (χ1) is 10.1. The van der Waals surface area contributed by atoms with Gasteiger partial charge in [-0.05, 0) is 30.8 Å². The molecule has 0 atom stereocenters. The van der Waals surface area contributed by atoms with Crippen LogP contribution in [-0.4, -0.2) is 60.9 Å². The molecule has 0 spiro atoms. The van der Waals surface area contributed by atoms with Crippen LogP contribution in [0, 0.1) is 0 Å². The van der Waals surface area contributed by atoms with Crippen molar-refractivity contribution in [3.05, 3.63) is 34.9 Å². The molecule has 5 nitrogen and oxygen atoms in total. The highest BCUT2D eigenvalue weighted by atomic mass is 35.5. The van der Waals surface area contributed by atoms with Crippen molar-refractivity contribution in [3.63, 3.8) is 0 Å². The van der Waals surface area contributed by atoms with E-state index in [1.54, 1.807) is 29.2 Å². The fraction of sp³-hybridized carbons (Fsp3) is 0.467. The van der Waals surface area contributed by atoms with Crippen LogP contribution in [0.2, 0.25) is 5.02 Å². The van der Waals surface area contributed by atoms with E-state index in [4.69, 9.17) is 11.6 Å². The maximum Gasteiger partial charge on any atom is 0.251 e. The molecule has 0 aliphatic carbocycles. The van der Waals surface area contributed by atoms with Gasteiger partial charge in [0.25, 0.3) is 5.91 Å². The van der Waals surface area contributed by atoms with Gasteiger partial charge in [-0.3, -0.25) is 9.59 Å². The lowest BCUT2D eigenvalue weighted by Crippen LogP contribution is -2.51. The molecule has 1 aliphatic rings. The minimum atomic E-state index is -0.257. The average Bonchev–Trinajstić information content (AvgIpc) is 2.53. The number of halogens is 1. The average molecular weight is 310 g/mol. The maximum atomic E-state index is 12.1. The summed E-state index contributed by atoms with van der Waals surface area (Å²) in [6.45, 7) is 6.40. The van der Waals surface area contributed by atoms with Crippen LogP contribution in [0.3, 0.4) is 0 Å². The van der Waals surface area contributed by atoms with Gasteiger partial charge in [-0.2, -0.15) is 0 Å². The molecule has 1 aromatic carbocycles. The normalized spacial score (nSPS) is 15.8. The van der Waals surface area contributed by atoms with E-state index < -0.39 is 0 Å². The van der Waals surface area contributed by atoms with Crippen LogP contribution in [0.4, 0.5) is 0 Å². The van der Waals surface area contributed by atoms with Crippen molar-refractivity contribution in [2.45, 2.75) is 6.92 Å². The summed E-state index contributed by atoms with van der Waals surface area (Å²) in [4.78, 5) is 28.1. The molecule has 2 rings (SSSR count). The minimum absolute atomic E-state index is 0.0342. The van der Waals surface area contributed by atoms with Crippen molar-refractivity contribution < 1.29 is 9.59 Å². The molecular formula is C15H20ClN3O2. The van der Waals surface area contributed by atoms with Gasteiger partial charge in [0.1, 0.15) is 0 Å². The Morgan fingerprint density at radius 2 is 1.76 bits per heavy atom. The lowest BCUT2D eigenvalue weighted by Gasteiger charge is -2.34. The van der Waals surface area contributed by atoms with Crippen LogP contribution in [0.5, 0.6) is 0 Å². The second-order valence-electron chi connectivity index (χ2n) is 5.00. The van der Waals surface area contributed by atoms with E-state index in [-0.39, 0.29) is 18.4 Å². The molecule has 0 bridgehead atoms. The molecular weight excluding hydrogens is 290 g/mol. The van der Waals surface area contributed by atoms with Gasteiger partial charge in [0.2, 0.25) is 5.91 Å². The van der Waals surface area contributed by atoms with Gasteiger partial charge >= 0.3 is 0 Å². The summed E-state index contributed by atoms with van der Waals surface area (Å²) in [6, 6.07) is 6.59. The standard InChI is InChI=1S/C15H20ClN3O2/c1-2-18-7-9-19(10-8-18)14(20)11-17-15(21)12-3-5-13(16)6-4-12/h3-6H,2,7-11H2,1H3,(H,17,21). The minimum Gasteiger partial charge on any atom is -0.343 e. The molecule has 0 radical (unpaired) electrons. The number of carbonyl (C=O) groups is 2.